The third-order valence-electron chi connectivity index (χ3n) is 4.05. The maximum absolute atomic E-state index is 12.3. The van der Waals surface area contributed by atoms with Gasteiger partial charge in [0, 0.05) is 26.2 Å². The number of pyridine rings is 1. The predicted molar refractivity (Wildman–Crippen MR) is 97.6 cm³/mol. The first kappa shape index (κ1) is 17.4. The minimum absolute atomic E-state index is 0.269. The van der Waals surface area contributed by atoms with Gasteiger partial charge in [-0.2, -0.15) is 0 Å². The van der Waals surface area contributed by atoms with E-state index in [-0.39, 0.29) is 5.91 Å². The van der Waals surface area contributed by atoms with E-state index in [1.807, 2.05) is 12.1 Å². The monoisotopic (exact) mass is 360 g/mol. The van der Waals surface area contributed by atoms with E-state index in [1.54, 1.807) is 18.3 Å². The molecule has 1 saturated heterocycles. The van der Waals surface area contributed by atoms with Crippen LogP contribution in [0.1, 0.15) is 19.3 Å². The Kier molecular flexibility index (Phi) is 5.30. The van der Waals surface area contributed by atoms with E-state index in [9.17, 15) is 9.59 Å². The summed E-state index contributed by atoms with van der Waals surface area (Å²) in [7, 11) is 3.43. The lowest BCUT2D eigenvalue weighted by atomic mass is 10.3. The molecule has 1 aliphatic rings. The molecule has 25 heavy (non-hydrogen) atoms. The van der Waals surface area contributed by atoms with Crippen molar-refractivity contribution in [2.75, 3.05) is 50.6 Å². The normalized spacial score (nSPS) is 15.0. The van der Waals surface area contributed by atoms with E-state index >= 15 is 0 Å². The van der Waals surface area contributed by atoms with Crippen LogP contribution in [0.25, 0.3) is 0 Å². The Morgan fingerprint density at radius 1 is 1.12 bits per heavy atom. The second kappa shape index (κ2) is 7.62. The van der Waals surface area contributed by atoms with E-state index in [4.69, 9.17) is 0 Å². The lowest BCUT2D eigenvalue weighted by Gasteiger charge is -2.33. The molecule has 2 aromatic heterocycles. The number of ether oxygens (including phenoxy) is 1. The lowest BCUT2D eigenvalue weighted by Crippen LogP contribution is -2.44. The summed E-state index contributed by atoms with van der Waals surface area (Å²) in [5.74, 6) is 0.201. The zero-order valence-corrected chi connectivity index (χ0v) is 15.0. The van der Waals surface area contributed by atoms with Crippen LogP contribution < -0.4 is 10.2 Å². The highest BCUT2D eigenvalue weighted by Gasteiger charge is 2.16. The molecule has 1 fully saturated rings. The largest absolute Gasteiger partial charge is 0.465 e. The topological polar surface area (TPSA) is 74.8 Å². The van der Waals surface area contributed by atoms with Crippen LogP contribution >= 0.6 is 11.3 Å². The van der Waals surface area contributed by atoms with Crippen molar-refractivity contribution in [3.63, 3.8) is 0 Å². The number of anilines is 2. The summed E-state index contributed by atoms with van der Waals surface area (Å²) >= 11 is 1.10. The van der Waals surface area contributed by atoms with E-state index < -0.39 is 5.97 Å². The SMILES string of the molecule is COC(=O)c1ccc(C(=O)Nc2ccc(N3CCN(C)CC3)nc2)s1. The van der Waals surface area contributed by atoms with Gasteiger partial charge in [0.2, 0.25) is 0 Å². The molecule has 0 atom stereocenters. The average Bonchev–Trinajstić information content (AvgIpc) is 3.13. The van der Waals surface area contributed by atoms with E-state index in [1.165, 1.54) is 7.11 Å². The molecular formula is C17H20N4O3S. The van der Waals surface area contributed by atoms with Crippen molar-refractivity contribution in [3.8, 4) is 0 Å². The maximum Gasteiger partial charge on any atom is 0.348 e. The Morgan fingerprint density at radius 2 is 1.84 bits per heavy atom. The molecule has 3 rings (SSSR count). The standard InChI is InChI=1S/C17H20N4O3S/c1-20-7-9-21(10-8-20)15-6-3-12(11-18-15)19-16(22)13-4-5-14(25-13)17(23)24-2/h3-6,11H,7-10H2,1-2H3,(H,19,22). The zero-order chi connectivity index (χ0) is 17.8. The summed E-state index contributed by atoms with van der Waals surface area (Å²) in [5, 5.41) is 2.80. The Balaban J connectivity index is 1.62. The molecule has 0 bridgehead atoms. The smallest absolute Gasteiger partial charge is 0.348 e. The van der Waals surface area contributed by atoms with Crippen molar-refractivity contribution in [1.82, 2.24) is 9.88 Å². The number of likely N-dealkylation sites (N-methyl/N-ethyl adjacent to an activating group) is 1. The number of rotatable bonds is 4. The first-order valence-corrected chi connectivity index (χ1v) is 8.77. The van der Waals surface area contributed by atoms with Gasteiger partial charge in [-0.25, -0.2) is 9.78 Å². The third-order valence-corrected chi connectivity index (χ3v) is 5.11. The van der Waals surface area contributed by atoms with Gasteiger partial charge in [0.25, 0.3) is 5.91 Å². The maximum atomic E-state index is 12.3. The van der Waals surface area contributed by atoms with Crippen molar-refractivity contribution < 1.29 is 14.3 Å². The average molecular weight is 360 g/mol. The van der Waals surface area contributed by atoms with Gasteiger partial charge < -0.3 is 19.9 Å². The number of thiophene rings is 1. The second-order valence-corrected chi connectivity index (χ2v) is 6.89. The van der Waals surface area contributed by atoms with Crippen LogP contribution in [0, 0.1) is 0 Å². The van der Waals surface area contributed by atoms with Crippen LogP contribution in [0.3, 0.4) is 0 Å². The van der Waals surface area contributed by atoms with E-state index in [0.29, 0.717) is 15.4 Å². The number of carbonyl (C=O) groups excluding carboxylic acids is 2. The van der Waals surface area contributed by atoms with Crippen molar-refractivity contribution >= 4 is 34.7 Å². The zero-order valence-electron chi connectivity index (χ0n) is 14.2. The fraction of sp³-hybridized carbons (Fsp3) is 0.353. The van der Waals surface area contributed by atoms with Gasteiger partial charge in [-0.3, -0.25) is 4.79 Å². The molecule has 0 spiro atoms. The number of methoxy groups -OCH3 is 1. The molecule has 0 radical (unpaired) electrons. The molecular weight excluding hydrogens is 340 g/mol. The second-order valence-electron chi connectivity index (χ2n) is 5.80. The summed E-state index contributed by atoms with van der Waals surface area (Å²) in [5.41, 5.74) is 0.621. The van der Waals surface area contributed by atoms with Crippen molar-refractivity contribution in [2.24, 2.45) is 0 Å². The van der Waals surface area contributed by atoms with Crippen molar-refractivity contribution in [2.45, 2.75) is 0 Å². The van der Waals surface area contributed by atoms with Crippen molar-refractivity contribution in [3.05, 3.63) is 40.2 Å². The molecule has 0 aliphatic carbocycles. The van der Waals surface area contributed by atoms with Gasteiger partial charge in [-0.15, -0.1) is 11.3 Å². The Morgan fingerprint density at radius 3 is 2.48 bits per heavy atom. The van der Waals surface area contributed by atoms with Gasteiger partial charge in [0.15, 0.2) is 0 Å². The number of aromatic nitrogens is 1. The molecule has 0 unspecified atom stereocenters. The first-order chi connectivity index (χ1) is 12.1. The summed E-state index contributed by atoms with van der Waals surface area (Å²) in [6, 6.07) is 6.95. The summed E-state index contributed by atoms with van der Waals surface area (Å²) in [6.45, 7) is 3.92. The number of esters is 1. The molecule has 3 heterocycles. The van der Waals surface area contributed by atoms with Gasteiger partial charge in [-0.05, 0) is 31.3 Å². The van der Waals surface area contributed by atoms with Crippen LogP contribution in [-0.4, -0.2) is 62.1 Å². The Labute approximate surface area is 150 Å². The number of nitrogens with zero attached hydrogens (tertiary/aromatic N) is 3. The molecule has 2 aromatic rings. The molecule has 1 aliphatic heterocycles. The minimum Gasteiger partial charge on any atom is -0.465 e. The summed E-state index contributed by atoms with van der Waals surface area (Å²) in [4.78, 5) is 33.5. The first-order valence-electron chi connectivity index (χ1n) is 7.96. The number of amides is 1. The van der Waals surface area contributed by atoms with Crippen LogP contribution in [-0.2, 0) is 4.74 Å². The number of hydrogen-bond acceptors (Lipinski definition) is 7. The summed E-state index contributed by atoms with van der Waals surface area (Å²) < 4.78 is 4.65. The number of carbonyl (C=O) groups is 2. The van der Waals surface area contributed by atoms with Gasteiger partial charge in [0.1, 0.15) is 10.7 Å². The molecule has 1 N–H and O–H groups in total. The molecule has 7 nitrogen and oxygen atoms in total. The van der Waals surface area contributed by atoms with Crippen molar-refractivity contribution in [1.29, 1.82) is 0 Å². The fourth-order valence-electron chi connectivity index (χ4n) is 2.55. The lowest BCUT2D eigenvalue weighted by molar-refractivity contribution is 0.0606. The van der Waals surface area contributed by atoms with Gasteiger partial charge in [-0.1, -0.05) is 0 Å². The number of hydrogen-bond donors (Lipinski definition) is 1. The van der Waals surface area contributed by atoms with Crippen LogP contribution in [0.15, 0.2) is 30.5 Å². The highest BCUT2D eigenvalue weighted by molar-refractivity contribution is 7.16. The molecule has 132 valence electrons. The highest BCUT2D eigenvalue weighted by atomic mass is 32.1. The fourth-order valence-corrected chi connectivity index (χ4v) is 3.37. The predicted octanol–water partition coefficient (Wildman–Crippen LogP) is 1.93. The van der Waals surface area contributed by atoms with E-state index in [0.717, 1.165) is 43.3 Å². The summed E-state index contributed by atoms with van der Waals surface area (Å²) in [6.07, 6.45) is 1.65. The Bertz CT molecular complexity index is 752. The highest BCUT2D eigenvalue weighted by Crippen LogP contribution is 2.20. The quantitative estimate of drug-likeness (QED) is 0.840. The van der Waals surface area contributed by atoms with Crippen LogP contribution in [0.2, 0.25) is 0 Å². The number of nitrogens with one attached hydrogen (secondary N) is 1. The molecule has 0 saturated carbocycles. The molecule has 1 amide bonds. The number of piperazine rings is 1. The Hall–Kier alpha value is -2.45. The van der Waals surface area contributed by atoms with E-state index in [2.05, 4.69) is 31.9 Å². The van der Waals surface area contributed by atoms with Gasteiger partial charge >= 0.3 is 5.97 Å². The van der Waals surface area contributed by atoms with Crippen LogP contribution in [0.5, 0.6) is 0 Å². The third kappa shape index (κ3) is 4.15. The molecule has 0 aromatic carbocycles. The minimum atomic E-state index is -0.442. The van der Waals surface area contributed by atoms with Crippen LogP contribution in [0.4, 0.5) is 11.5 Å². The van der Waals surface area contributed by atoms with Gasteiger partial charge in [0.05, 0.1) is 23.9 Å². The molecule has 8 heteroatoms.